The van der Waals surface area contributed by atoms with Gasteiger partial charge in [-0.15, -0.1) is 0 Å². The number of hydrogen-bond acceptors (Lipinski definition) is 2. The molecule has 0 bridgehead atoms. The molecule has 0 aliphatic rings. The molecule has 0 aliphatic heterocycles. The van der Waals surface area contributed by atoms with Gasteiger partial charge in [0.2, 0.25) is 0 Å². The lowest BCUT2D eigenvalue weighted by molar-refractivity contribution is 0.402. The third-order valence-electron chi connectivity index (χ3n) is 3.36. The summed E-state index contributed by atoms with van der Waals surface area (Å²) in [6.45, 7) is 3.06. The van der Waals surface area contributed by atoms with Gasteiger partial charge < -0.3 is 10.6 Å². The average molecular weight is 254 g/mol. The van der Waals surface area contributed by atoms with E-state index in [0.29, 0.717) is 0 Å². The van der Waals surface area contributed by atoms with E-state index in [1.807, 2.05) is 12.1 Å². The van der Waals surface area contributed by atoms with Crippen molar-refractivity contribution in [2.75, 3.05) is 14.1 Å². The van der Waals surface area contributed by atoms with Crippen LogP contribution in [0.15, 0.2) is 48.5 Å². The van der Waals surface area contributed by atoms with E-state index in [2.05, 4.69) is 62.3 Å². The highest BCUT2D eigenvalue weighted by Crippen LogP contribution is 2.22. The predicted octanol–water partition coefficient (Wildman–Crippen LogP) is 3.10. The second-order valence-electron chi connectivity index (χ2n) is 5.31. The van der Waals surface area contributed by atoms with Gasteiger partial charge in [-0.1, -0.05) is 48.5 Å². The van der Waals surface area contributed by atoms with Crippen LogP contribution < -0.4 is 5.73 Å². The Labute approximate surface area is 115 Å². The van der Waals surface area contributed by atoms with Crippen LogP contribution in [0.5, 0.6) is 0 Å². The van der Waals surface area contributed by atoms with Crippen LogP contribution in [0.1, 0.15) is 28.3 Å². The Morgan fingerprint density at radius 3 is 2.21 bits per heavy atom. The van der Waals surface area contributed by atoms with Crippen molar-refractivity contribution in [2.45, 2.75) is 19.5 Å². The molecule has 0 radical (unpaired) electrons. The summed E-state index contributed by atoms with van der Waals surface area (Å²) in [5.41, 5.74) is 11.3. The lowest BCUT2D eigenvalue weighted by Crippen LogP contribution is -2.14. The van der Waals surface area contributed by atoms with E-state index in [1.54, 1.807) is 0 Å². The molecule has 2 nitrogen and oxygen atoms in total. The summed E-state index contributed by atoms with van der Waals surface area (Å²) >= 11 is 0. The fraction of sp³-hybridized carbons (Fsp3) is 0.294. The van der Waals surface area contributed by atoms with E-state index in [4.69, 9.17) is 5.73 Å². The third kappa shape index (κ3) is 3.43. The first-order valence-corrected chi connectivity index (χ1v) is 6.62. The summed E-state index contributed by atoms with van der Waals surface area (Å²) < 4.78 is 0. The van der Waals surface area contributed by atoms with Gasteiger partial charge in [-0.2, -0.15) is 0 Å². The Kier molecular flexibility index (Phi) is 4.35. The second kappa shape index (κ2) is 6.00. The lowest BCUT2D eigenvalue weighted by atomic mass is 9.95. The van der Waals surface area contributed by atoms with Gasteiger partial charge in [0, 0.05) is 6.54 Å². The van der Waals surface area contributed by atoms with Gasteiger partial charge in [0.05, 0.1) is 6.04 Å². The maximum atomic E-state index is 6.36. The Morgan fingerprint density at radius 1 is 1.00 bits per heavy atom. The van der Waals surface area contributed by atoms with Gasteiger partial charge in [-0.3, -0.25) is 0 Å². The molecule has 0 aliphatic carbocycles. The van der Waals surface area contributed by atoms with Crippen molar-refractivity contribution in [2.24, 2.45) is 5.73 Å². The van der Waals surface area contributed by atoms with E-state index in [-0.39, 0.29) is 6.04 Å². The van der Waals surface area contributed by atoms with Crippen LogP contribution in [0, 0.1) is 6.92 Å². The highest BCUT2D eigenvalue weighted by Gasteiger charge is 2.10. The zero-order chi connectivity index (χ0) is 13.8. The minimum absolute atomic E-state index is 0.0467. The minimum atomic E-state index is -0.0467. The van der Waals surface area contributed by atoms with Crippen LogP contribution in [-0.4, -0.2) is 19.0 Å². The number of aryl methyl sites for hydroxylation is 1. The smallest absolute Gasteiger partial charge is 0.0554 e. The van der Waals surface area contributed by atoms with Crippen LogP contribution in [0.25, 0.3) is 0 Å². The first-order valence-electron chi connectivity index (χ1n) is 6.62. The second-order valence-corrected chi connectivity index (χ2v) is 5.31. The molecule has 19 heavy (non-hydrogen) atoms. The molecule has 0 spiro atoms. The van der Waals surface area contributed by atoms with Crippen LogP contribution >= 0.6 is 0 Å². The molecule has 2 heteroatoms. The van der Waals surface area contributed by atoms with Gasteiger partial charge in [0.25, 0.3) is 0 Å². The monoisotopic (exact) mass is 254 g/mol. The summed E-state index contributed by atoms with van der Waals surface area (Å²) in [5.74, 6) is 0. The van der Waals surface area contributed by atoms with Gasteiger partial charge in [0.1, 0.15) is 0 Å². The number of rotatable bonds is 4. The van der Waals surface area contributed by atoms with Crippen LogP contribution in [-0.2, 0) is 6.54 Å². The zero-order valence-electron chi connectivity index (χ0n) is 11.9. The van der Waals surface area contributed by atoms with Gasteiger partial charge in [-0.05, 0) is 43.3 Å². The van der Waals surface area contributed by atoms with E-state index in [9.17, 15) is 0 Å². The first kappa shape index (κ1) is 13.8. The standard InChI is InChI=1S/C17H22N2/c1-13-6-4-5-7-16(13)17(18)15-10-8-14(9-11-15)12-19(2)3/h4-11,17H,12,18H2,1-3H3. The fourth-order valence-corrected chi connectivity index (χ4v) is 2.31. The van der Waals surface area contributed by atoms with Crippen molar-refractivity contribution in [1.29, 1.82) is 0 Å². The molecule has 1 atom stereocenters. The highest BCUT2D eigenvalue weighted by atomic mass is 15.0. The molecule has 0 amide bonds. The van der Waals surface area contributed by atoms with Gasteiger partial charge in [-0.25, -0.2) is 0 Å². The summed E-state index contributed by atoms with van der Waals surface area (Å²) in [6.07, 6.45) is 0. The molecular weight excluding hydrogens is 232 g/mol. The van der Waals surface area contributed by atoms with Gasteiger partial charge in [0.15, 0.2) is 0 Å². The Balaban J connectivity index is 2.20. The van der Waals surface area contributed by atoms with Crippen LogP contribution in [0.2, 0.25) is 0 Å². The number of benzene rings is 2. The largest absolute Gasteiger partial charge is 0.320 e. The molecular formula is C17H22N2. The maximum absolute atomic E-state index is 6.36. The molecule has 0 saturated heterocycles. The van der Waals surface area contributed by atoms with Crippen molar-refractivity contribution < 1.29 is 0 Å². The summed E-state index contributed by atoms with van der Waals surface area (Å²) in [4.78, 5) is 2.16. The quantitative estimate of drug-likeness (QED) is 0.908. The Hall–Kier alpha value is -1.64. The highest BCUT2D eigenvalue weighted by molar-refractivity contribution is 5.37. The van der Waals surface area contributed by atoms with E-state index in [0.717, 1.165) is 12.1 Å². The van der Waals surface area contributed by atoms with E-state index >= 15 is 0 Å². The third-order valence-corrected chi connectivity index (χ3v) is 3.36. The molecule has 2 aromatic carbocycles. The minimum Gasteiger partial charge on any atom is -0.320 e. The van der Waals surface area contributed by atoms with Crippen molar-refractivity contribution in [3.63, 3.8) is 0 Å². The van der Waals surface area contributed by atoms with Crippen molar-refractivity contribution in [3.05, 3.63) is 70.8 Å². The summed E-state index contributed by atoms with van der Waals surface area (Å²) in [6, 6.07) is 16.8. The first-order chi connectivity index (χ1) is 9.08. The molecule has 0 aromatic heterocycles. The lowest BCUT2D eigenvalue weighted by Gasteiger charge is -2.16. The van der Waals surface area contributed by atoms with Crippen molar-refractivity contribution in [1.82, 2.24) is 4.90 Å². The molecule has 2 aromatic rings. The molecule has 0 fully saturated rings. The molecule has 0 heterocycles. The maximum Gasteiger partial charge on any atom is 0.0554 e. The fourth-order valence-electron chi connectivity index (χ4n) is 2.31. The van der Waals surface area contributed by atoms with Crippen molar-refractivity contribution in [3.8, 4) is 0 Å². The number of nitrogens with zero attached hydrogens (tertiary/aromatic N) is 1. The van der Waals surface area contributed by atoms with Crippen molar-refractivity contribution >= 4 is 0 Å². The van der Waals surface area contributed by atoms with E-state index in [1.165, 1.54) is 16.7 Å². The topological polar surface area (TPSA) is 29.3 Å². The van der Waals surface area contributed by atoms with Crippen LogP contribution in [0.3, 0.4) is 0 Å². The molecule has 1 unspecified atom stereocenters. The Bertz CT molecular complexity index is 529. The number of nitrogens with two attached hydrogens (primary N) is 1. The summed E-state index contributed by atoms with van der Waals surface area (Å²) in [7, 11) is 4.15. The molecule has 0 saturated carbocycles. The van der Waals surface area contributed by atoms with Gasteiger partial charge >= 0.3 is 0 Å². The molecule has 2 rings (SSSR count). The number of hydrogen-bond donors (Lipinski definition) is 1. The predicted molar refractivity (Wildman–Crippen MR) is 81.0 cm³/mol. The summed E-state index contributed by atoms with van der Waals surface area (Å²) in [5, 5.41) is 0. The zero-order valence-corrected chi connectivity index (χ0v) is 11.9. The Morgan fingerprint density at radius 2 is 1.63 bits per heavy atom. The molecule has 2 N–H and O–H groups in total. The molecule has 100 valence electrons. The normalized spacial score (nSPS) is 12.7. The van der Waals surface area contributed by atoms with E-state index < -0.39 is 0 Å². The SMILES string of the molecule is Cc1ccccc1C(N)c1ccc(CN(C)C)cc1. The average Bonchev–Trinajstić information content (AvgIpc) is 2.39. The van der Waals surface area contributed by atoms with Crippen LogP contribution in [0.4, 0.5) is 0 Å².